The Labute approximate surface area is 135 Å². The predicted molar refractivity (Wildman–Crippen MR) is 96.1 cm³/mol. The maximum Gasteiger partial charge on any atom is 0.0314 e. The summed E-state index contributed by atoms with van der Waals surface area (Å²) in [4.78, 5) is 4.48. The van der Waals surface area contributed by atoms with Crippen molar-refractivity contribution in [2.24, 2.45) is 0 Å². The number of hydrogen-bond acceptors (Lipinski definition) is 2. The van der Waals surface area contributed by atoms with Gasteiger partial charge in [0.2, 0.25) is 0 Å². The minimum absolute atomic E-state index is 0.420. The minimum Gasteiger partial charge on any atom is -0.303 e. The molecule has 0 radical (unpaired) electrons. The van der Waals surface area contributed by atoms with Crippen LogP contribution in [0.15, 0.2) is 48.5 Å². The van der Waals surface area contributed by atoms with E-state index in [1.54, 1.807) is 0 Å². The zero-order valence-electron chi connectivity index (χ0n) is 14.7. The number of hydrogen-bond donors (Lipinski definition) is 0. The summed E-state index contributed by atoms with van der Waals surface area (Å²) in [5.74, 6) is 0. The van der Waals surface area contributed by atoms with E-state index in [1.807, 2.05) is 0 Å². The van der Waals surface area contributed by atoms with Crippen molar-refractivity contribution < 1.29 is 0 Å². The third kappa shape index (κ3) is 3.76. The van der Waals surface area contributed by atoms with Crippen molar-refractivity contribution in [2.75, 3.05) is 28.2 Å². The smallest absolute Gasteiger partial charge is 0.0314 e. The third-order valence-corrected chi connectivity index (χ3v) is 4.62. The van der Waals surface area contributed by atoms with Crippen LogP contribution in [0.2, 0.25) is 0 Å². The Bertz CT molecular complexity index is 561. The molecule has 2 nitrogen and oxygen atoms in total. The van der Waals surface area contributed by atoms with Gasteiger partial charge in [-0.15, -0.1) is 0 Å². The van der Waals surface area contributed by atoms with E-state index in [1.165, 1.54) is 22.3 Å². The average molecular weight is 296 g/mol. The van der Waals surface area contributed by atoms with Gasteiger partial charge in [0.1, 0.15) is 0 Å². The average Bonchev–Trinajstić information content (AvgIpc) is 2.53. The van der Waals surface area contributed by atoms with Crippen LogP contribution in [0, 0.1) is 0 Å². The van der Waals surface area contributed by atoms with Crippen LogP contribution >= 0.6 is 0 Å². The SMILES string of the molecule is C[C@H](c1cccc(-c2cccc([C@H](C)N(C)C)c2)c1)N(C)C. The summed E-state index contributed by atoms with van der Waals surface area (Å²) in [6.45, 7) is 4.48. The number of benzene rings is 2. The molecule has 0 bridgehead atoms. The van der Waals surface area contributed by atoms with Crippen LogP contribution in [0.25, 0.3) is 11.1 Å². The van der Waals surface area contributed by atoms with Gasteiger partial charge in [0.25, 0.3) is 0 Å². The van der Waals surface area contributed by atoms with Crippen LogP contribution in [0.5, 0.6) is 0 Å². The lowest BCUT2D eigenvalue weighted by molar-refractivity contribution is 0.321. The highest BCUT2D eigenvalue weighted by molar-refractivity contribution is 5.65. The molecule has 2 rings (SSSR count). The lowest BCUT2D eigenvalue weighted by Gasteiger charge is -2.22. The maximum atomic E-state index is 2.31. The van der Waals surface area contributed by atoms with E-state index in [2.05, 4.69) is 100 Å². The van der Waals surface area contributed by atoms with E-state index >= 15 is 0 Å². The summed E-state index contributed by atoms with van der Waals surface area (Å²) in [7, 11) is 8.49. The van der Waals surface area contributed by atoms with Crippen LogP contribution in [0.1, 0.15) is 37.1 Å². The number of rotatable bonds is 5. The van der Waals surface area contributed by atoms with E-state index < -0.39 is 0 Å². The van der Waals surface area contributed by atoms with Crippen molar-refractivity contribution >= 4 is 0 Å². The molecule has 0 saturated heterocycles. The molecule has 0 aliphatic heterocycles. The zero-order valence-corrected chi connectivity index (χ0v) is 14.7. The third-order valence-electron chi connectivity index (χ3n) is 4.62. The quantitative estimate of drug-likeness (QED) is 0.795. The fraction of sp³-hybridized carbons (Fsp3) is 0.400. The Morgan fingerprint density at radius 3 is 1.32 bits per heavy atom. The summed E-state index contributed by atoms with van der Waals surface area (Å²) < 4.78 is 0. The summed E-state index contributed by atoms with van der Waals surface area (Å²) in [5, 5.41) is 0. The van der Waals surface area contributed by atoms with E-state index in [-0.39, 0.29) is 0 Å². The Kier molecular flexibility index (Phi) is 5.38. The predicted octanol–water partition coefficient (Wildman–Crippen LogP) is 4.60. The molecule has 0 N–H and O–H groups in total. The van der Waals surface area contributed by atoms with Crippen LogP contribution < -0.4 is 0 Å². The highest BCUT2D eigenvalue weighted by atomic mass is 15.1. The molecule has 0 heterocycles. The molecule has 0 aliphatic rings. The molecule has 0 unspecified atom stereocenters. The van der Waals surface area contributed by atoms with Gasteiger partial charge in [-0.1, -0.05) is 36.4 Å². The molecular formula is C20H28N2. The van der Waals surface area contributed by atoms with Crippen LogP contribution in [0.3, 0.4) is 0 Å². The van der Waals surface area contributed by atoms with Crippen LogP contribution in [-0.2, 0) is 0 Å². The van der Waals surface area contributed by atoms with Crippen molar-refractivity contribution in [3.8, 4) is 11.1 Å². The van der Waals surface area contributed by atoms with Gasteiger partial charge in [-0.25, -0.2) is 0 Å². The normalized spacial score (nSPS) is 14.4. The van der Waals surface area contributed by atoms with E-state index in [0.29, 0.717) is 12.1 Å². The van der Waals surface area contributed by atoms with Gasteiger partial charge in [-0.2, -0.15) is 0 Å². The summed E-state index contributed by atoms with van der Waals surface area (Å²) in [6.07, 6.45) is 0. The maximum absolute atomic E-state index is 2.31. The second-order valence-corrected chi connectivity index (χ2v) is 6.53. The standard InChI is InChI=1S/C20H28N2/c1-15(21(3)4)17-9-7-11-19(13-17)20-12-8-10-18(14-20)16(2)22(5)6/h7-16H,1-6H3/t15-,16+. The van der Waals surface area contributed by atoms with Gasteiger partial charge in [-0.3, -0.25) is 0 Å². The molecule has 2 heteroatoms. The van der Waals surface area contributed by atoms with Gasteiger partial charge in [0.15, 0.2) is 0 Å². The molecule has 2 aromatic carbocycles. The first kappa shape index (κ1) is 16.7. The Morgan fingerprint density at radius 1 is 0.636 bits per heavy atom. The van der Waals surface area contributed by atoms with Gasteiger partial charge in [-0.05, 0) is 76.4 Å². The molecule has 2 aromatic rings. The Hall–Kier alpha value is -1.64. The fourth-order valence-corrected chi connectivity index (χ4v) is 2.55. The molecule has 0 amide bonds. The first-order valence-electron chi connectivity index (χ1n) is 7.93. The van der Waals surface area contributed by atoms with E-state index in [9.17, 15) is 0 Å². The highest BCUT2D eigenvalue weighted by Gasteiger charge is 2.11. The number of nitrogens with zero attached hydrogens (tertiary/aromatic N) is 2. The van der Waals surface area contributed by atoms with Crippen molar-refractivity contribution in [1.82, 2.24) is 9.80 Å². The first-order valence-corrected chi connectivity index (χ1v) is 7.93. The molecule has 0 aromatic heterocycles. The molecular weight excluding hydrogens is 268 g/mol. The highest BCUT2D eigenvalue weighted by Crippen LogP contribution is 2.28. The second-order valence-electron chi connectivity index (χ2n) is 6.53. The molecule has 0 fully saturated rings. The summed E-state index contributed by atoms with van der Waals surface area (Å²) in [5.41, 5.74) is 5.29. The summed E-state index contributed by atoms with van der Waals surface area (Å²) in [6, 6.07) is 18.6. The van der Waals surface area contributed by atoms with Crippen molar-refractivity contribution in [2.45, 2.75) is 25.9 Å². The Balaban J connectivity index is 2.36. The monoisotopic (exact) mass is 296 g/mol. The van der Waals surface area contributed by atoms with Crippen molar-refractivity contribution in [3.05, 3.63) is 59.7 Å². The van der Waals surface area contributed by atoms with Crippen LogP contribution in [0.4, 0.5) is 0 Å². The minimum atomic E-state index is 0.420. The molecule has 118 valence electrons. The molecule has 0 aliphatic carbocycles. The van der Waals surface area contributed by atoms with Crippen molar-refractivity contribution in [1.29, 1.82) is 0 Å². The molecule has 0 saturated carbocycles. The van der Waals surface area contributed by atoms with Gasteiger partial charge in [0.05, 0.1) is 0 Å². The molecule has 2 atom stereocenters. The van der Waals surface area contributed by atoms with Gasteiger partial charge < -0.3 is 9.80 Å². The summed E-state index contributed by atoms with van der Waals surface area (Å²) >= 11 is 0. The Morgan fingerprint density at radius 2 is 1.00 bits per heavy atom. The van der Waals surface area contributed by atoms with E-state index in [0.717, 1.165) is 0 Å². The lowest BCUT2D eigenvalue weighted by Crippen LogP contribution is -2.17. The largest absolute Gasteiger partial charge is 0.303 e. The van der Waals surface area contributed by atoms with Crippen LogP contribution in [-0.4, -0.2) is 38.0 Å². The fourth-order valence-electron chi connectivity index (χ4n) is 2.55. The molecule has 0 spiro atoms. The van der Waals surface area contributed by atoms with Gasteiger partial charge >= 0.3 is 0 Å². The lowest BCUT2D eigenvalue weighted by atomic mass is 9.97. The molecule has 22 heavy (non-hydrogen) atoms. The van der Waals surface area contributed by atoms with Crippen molar-refractivity contribution in [3.63, 3.8) is 0 Å². The second kappa shape index (κ2) is 7.08. The van der Waals surface area contributed by atoms with E-state index in [4.69, 9.17) is 0 Å². The topological polar surface area (TPSA) is 6.48 Å². The zero-order chi connectivity index (χ0) is 16.3. The van der Waals surface area contributed by atoms with Gasteiger partial charge in [0, 0.05) is 12.1 Å². The first-order chi connectivity index (χ1) is 10.4.